The number of carbonyl (C=O) groups is 2. The van der Waals surface area contributed by atoms with Crippen molar-refractivity contribution in [1.82, 2.24) is 0 Å². The molecule has 4 saturated carbocycles. The zero-order valence-electron chi connectivity index (χ0n) is 15.8. The van der Waals surface area contributed by atoms with Crippen LogP contribution in [0.1, 0.15) is 55.3 Å². The quantitative estimate of drug-likeness (QED) is 0.385. The third kappa shape index (κ3) is 3.60. The van der Waals surface area contributed by atoms with Crippen LogP contribution in [0.3, 0.4) is 0 Å². The number of carbonyl (C=O) groups excluding carboxylic acids is 2. The van der Waals surface area contributed by atoms with Gasteiger partial charge in [0.25, 0.3) is 0 Å². The summed E-state index contributed by atoms with van der Waals surface area (Å²) in [4.78, 5) is 24.4. The molecule has 2 atom stereocenters. The molecule has 4 aliphatic rings. The molecule has 4 fully saturated rings. The Labute approximate surface area is 167 Å². The van der Waals surface area contributed by atoms with E-state index in [0.717, 1.165) is 31.1 Å². The first-order valence-corrected chi connectivity index (χ1v) is 10.3. The molecular formula is C21H25BrO5. The van der Waals surface area contributed by atoms with E-state index in [1.54, 1.807) is 12.1 Å². The third-order valence-corrected chi connectivity index (χ3v) is 7.37. The minimum absolute atomic E-state index is 0.0594. The van der Waals surface area contributed by atoms with Crippen LogP contribution in [0.15, 0.2) is 18.2 Å². The van der Waals surface area contributed by atoms with Crippen LogP contribution in [0.25, 0.3) is 0 Å². The van der Waals surface area contributed by atoms with Gasteiger partial charge in [-0.3, -0.25) is 4.79 Å². The van der Waals surface area contributed by atoms with Gasteiger partial charge >= 0.3 is 11.9 Å². The smallest absolute Gasteiger partial charge is 0.337 e. The average molecular weight is 437 g/mol. The van der Waals surface area contributed by atoms with Crippen molar-refractivity contribution < 1.29 is 23.8 Å². The Balaban J connectivity index is 1.48. The molecule has 0 heterocycles. The van der Waals surface area contributed by atoms with Gasteiger partial charge in [0.2, 0.25) is 0 Å². The normalized spacial score (nSPS) is 33.6. The largest absolute Gasteiger partial charge is 0.493 e. The molecule has 2 unspecified atom stereocenters. The molecule has 4 aliphatic carbocycles. The van der Waals surface area contributed by atoms with Crippen molar-refractivity contribution in [1.29, 1.82) is 0 Å². The van der Waals surface area contributed by atoms with E-state index in [2.05, 4.69) is 15.9 Å². The maximum absolute atomic E-state index is 12.8. The zero-order valence-corrected chi connectivity index (χ0v) is 17.3. The minimum Gasteiger partial charge on any atom is -0.493 e. The fourth-order valence-corrected chi connectivity index (χ4v) is 7.51. The summed E-state index contributed by atoms with van der Waals surface area (Å²) in [7, 11) is 2.81. The van der Waals surface area contributed by atoms with Crippen LogP contribution in [0, 0.1) is 17.3 Å². The predicted molar refractivity (Wildman–Crippen MR) is 103 cm³/mol. The fraction of sp³-hybridized carbons (Fsp3) is 0.619. The molecule has 0 aromatic heterocycles. The Kier molecular flexibility index (Phi) is 4.73. The van der Waals surface area contributed by atoms with Crippen molar-refractivity contribution in [3.63, 3.8) is 0 Å². The molecule has 146 valence electrons. The highest BCUT2D eigenvalue weighted by atomic mass is 79.9. The van der Waals surface area contributed by atoms with Gasteiger partial charge in [0.1, 0.15) is 0 Å². The van der Waals surface area contributed by atoms with E-state index in [4.69, 9.17) is 14.2 Å². The third-order valence-electron chi connectivity index (χ3n) is 6.44. The fourth-order valence-electron chi connectivity index (χ4n) is 6.00. The zero-order chi connectivity index (χ0) is 19.2. The maximum atomic E-state index is 12.8. The van der Waals surface area contributed by atoms with Gasteiger partial charge in [0, 0.05) is 4.32 Å². The second kappa shape index (κ2) is 6.80. The lowest BCUT2D eigenvalue weighted by molar-refractivity contribution is -0.141. The number of benzene rings is 1. The lowest BCUT2D eigenvalue weighted by Crippen LogP contribution is -2.53. The van der Waals surface area contributed by atoms with Crippen molar-refractivity contribution in [2.24, 2.45) is 17.3 Å². The Morgan fingerprint density at radius 2 is 1.81 bits per heavy atom. The van der Waals surface area contributed by atoms with Gasteiger partial charge in [-0.15, -0.1) is 0 Å². The second-order valence-corrected chi connectivity index (χ2v) is 10.3. The molecule has 0 radical (unpaired) electrons. The van der Waals surface area contributed by atoms with Crippen molar-refractivity contribution in [2.45, 2.75) is 49.3 Å². The highest BCUT2D eigenvalue weighted by Crippen LogP contribution is 2.65. The van der Waals surface area contributed by atoms with Crippen molar-refractivity contribution >= 4 is 27.9 Å². The average Bonchev–Trinajstić information content (AvgIpc) is 2.58. The minimum atomic E-state index is -0.456. The van der Waals surface area contributed by atoms with E-state index in [9.17, 15) is 9.59 Å². The number of esters is 2. The molecule has 27 heavy (non-hydrogen) atoms. The first kappa shape index (κ1) is 18.8. The maximum Gasteiger partial charge on any atom is 0.337 e. The lowest BCUT2D eigenvalue weighted by Gasteiger charge is -2.60. The van der Waals surface area contributed by atoms with Gasteiger partial charge in [-0.05, 0) is 74.0 Å². The van der Waals surface area contributed by atoms with Crippen LogP contribution in [0.2, 0.25) is 0 Å². The van der Waals surface area contributed by atoms with E-state index in [-0.39, 0.29) is 15.7 Å². The van der Waals surface area contributed by atoms with Crippen molar-refractivity contribution in [3.05, 3.63) is 23.8 Å². The van der Waals surface area contributed by atoms with Gasteiger partial charge in [-0.25, -0.2) is 4.79 Å². The van der Waals surface area contributed by atoms with Crippen LogP contribution in [-0.2, 0) is 9.53 Å². The summed E-state index contributed by atoms with van der Waals surface area (Å²) >= 11 is 3.98. The number of methoxy groups -OCH3 is 2. The molecule has 0 aliphatic heterocycles. The van der Waals surface area contributed by atoms with Crippen LogP contribution in [0.4, 0.5) is 0 Å². The summed E-state index contributed by atoms with van der Waals surface area (Å²) in [6, 6.07) is 4.70. The number of hydrogen-bond acceptors (Lipinski definition) is 5. The molecular weight excluding hydrogens is 412 g/mol. The Hall–Kier alpha value is -1.56. The SMILES string of the molecule is COC(=O)c1ccc(OC(=O)CC23CC4CC(CC(Br)(C4)C2)C3)c(OC)c1. The summed E-state index contributed by atoms with van der Waals surface area (Å²) in [5.41, 5.74) is 0.417. The standard InChI is InChI=1S/C21H25BrO5/c1-25-17-6-15(19(24)26-2)3-4-16(17)27-18(23)11-20-7-13-5-14(8-20)10-21(22,9-13)12-20/h3-4,6,13-14H,5,7-12H2,1-2H3. The van der Waals surface area contributed by atoms with Crippen molar-refractivity contribution in [2.75, 3.05) is 14.2 Å². The van der Waals surface area contributed by atoms with E-state index in [0.29, 0.717) is 23.5 Å². The molecule has 0 spiro atoms. The summed E-state index contributed by atoms with van der Waals surface area (Å²) in [6.07, 6.45) is 7.55. The summed E-state index contributed by atoms with van der Waals surface area (Å²) in [5, 5.41) is 0. The number of hydrogen-bond donors (Lipinski definition) is 0. The van der Waals surface area contributed by atoms with Gasteiger partial charge in [-0.2, -0.15) is 0 Å². The van der Waals surface area contributed by atoms with Crippen LogP contribution < -0.4 is 9.47 Å². The van der Waals surface area contributed by atoms with Crippen LogP contribution >= 0.6 is 15.9 Å². The molecule has 6 heteroatoms. The Bertz CT molecular complexity index is 760. The molecule has 4 bridgehead atoms. The lowest BCUT2D eigenvalue weighted by atomic mass is 9.49. The highest BCUT2D eigenvalue weighted by Gasteiger charge is 2.57. The Morgan fingerprint density at radius 3 is 2.41 bits per heavy atom. The summed E-state index contributed by atoms with van der Waals surface area (Å²) < 4.78 is 15.9. The predicted octanol–water partition coefficient (Wildman–Crippen LogP) is 4.51. The number of rotatable bonds is 5. The molecule has 1 aromatic rings. The van der Waals surface area contributed by atoms with Gasteiger partial charge < -0.3 is 14.2 Å². The molecule has 1 aromatic carbocycles. The van der Waals surface area contributed by atoms with Gasteiger partial charge in [0.15, 0.2) is 11.5 Å². The van der Waals surface area contributed by atoms with Gasteiger partial charge in [0.05, 0.1) is 26.2 Å². The van der Waals surface area contributed by atoms with E-state index >= 15 is 0 Å². The first-order valence-electron chi connectivity index (χ1n) is 9.50. The van der Waals surface area contributed by atoms with E-state index < -0.39 is 5.97 Å². The first-order chi connectivity index (χ1) is 12.8. The van der Waals surface area contributed by atoms with Gasteiger partial charge in [-0.1, -0.05) is 15.9 Å². The molecule has 0 amide bonds. The number of halogens is 1. The summed E-state index contributed by atoms with van der Waals surface area (Å²) in [6.45, 7) is 0. The molecule has 0 saturated heterocycles. The van der Waals surface area contributed by atoms with Crippen LogP contribution in [-0.4, -0.2) is 30.5 Å². The van der Waals surface area contributed by atoms with E-state index in [1.807, 2.05) is 0 Å². The monoisotopic (exact) mass is 436 g/mol. The topological polar surface area (TPSA) is 61.8 Å². The van der Waals surface area contributed by atoms with Crippen LogP contribution in [0.5, 0.6) is 11.5 Å². The highest BCUT2D eigenvalue weighted by molar-refractivity contribution is 9.10. The number of ether oxygens (including phenoxy) is 3. The summed E-state index contributed by atoms with van der Waals surface area (Å²) in [5.74, 6) is 1.47. The Morgan fingerprint density at radius 1 is 1.11 bits per heavy atom. The molecule has 0 N–H and O–H groups in total. The van der Waals surface area contributed by atoms with E-state index in [1.165, 1.54) is 39.5 Å². The molecule has 5 nitrogen and oxygen atoms in total. The second-order valence-electron chi connectivity index (χ2n) is 8.62. The van der Waals surface area contributed by atoms with Crippen molar-refractivity contribution in [3.8, 4) is 11.5 Å². The molecule has 5 rings (SSSR count). The number of alkyl halides is 1.